The molecular weight excluding hydrogens is 314 g/mol. The number of rotatable bonds is 4. The number of hydrogen-bond acceptors (Lipinski definition) is 6. The largest absolute Gasteiger partial charge is 0.338 e. The average molecular weight is 339 g/mol. The van der Waals surface area contributed by atoms with Gasteiger partial charge in [-0.15, -0.1) is 0 Å². The minimum Gasteiger partial charge on any atom is -0.338 e. The highest BCUT2D eigenvalue weighted by Gasteiger charge is 2.34. The molecule has 7 heteroatoms. The summed E-state index contributed by atoms with van der Waals surface area (Å²) < 4.78 is 2.19. The van der Waals surface area contributed by atoms with Crippen molar-refractivity contribution in [2.75, 3.05) is 44.2 Å². The van der Waals surface area contributed by atoms with Crippen LogP contribution in [0.1, 0.15) is 17.8 Å². The number of piperazine rings is 1. The summed E-state index contributed by atoms with van der Waals surface area (Å²) >= 11 is 0. The van der Waals surface area contributed by atoms with Crippen molar-refractivity contribution in [2.24, 2.45) is 0 Å². The highest BCUT2D eigenvalue weighted by atomic mass is 15.4. The van der Waals surface area contributed by atoms with E-state index in [2.05, 4.69) is 35.4 Å². The highest BCUT2D eigenvalue weighted by molar-refractivity contribution is 5.29. The van der Waals surface area contributed by atoms with E-state index in [0.29, 0.717) is 6.04 Å². The summed E-state index contributed by atoms with van der Waals surface area (Å²) in [7, 11) is 0. The van der Waals surface area contributed by atoms with Gasteiger partial charge in [-0.05, 0) is 25.0 Å². The summed E-state index contributed by atoms with van der Waals surface area (Å²) in [5.74, 6) is 0.866. The fourth-order valence-electron chi connectivity index (χ4n) is 4.27. The van der Waals surface area contributed by atoms with E-state index in [1.54, 1.807) is 0 Å². The molecule has 0 aliphatic carbocycles. The van der Waals surface area contributed by atoms with Crippen LogP contribution in [0.5, 0.6) is 0 Å². The van der Waals surface area contributed by atoms with Crippen LogP contribution in [-0.2, 0) is 19.5 Å². The Morgan fingerprint density at radius 3 is 2.56 bits per heavy atom. The Morgan fingerprint density at radius 2 is 1.80 bits per heavy atom. The van der Waals surface area contributed by atoms with E-state index in [4.69, 9.17) is 5.10 Å². The fourth-order valence-corrected chi connectivity index (χ4v) is 4.27. The third-order valence-corrected chi connectivity index (χ3v) is 5.71. The molecule has 5 rings (SSSR count). The Balaban J connectivity index is 1.09. The molecule has 132 valence electrons. The van der Waals surface area contributed by atoms with Crippen molar-refractivity contribution in [1.29, 1.82) is 0 Å². The number of anilines is 1. The zero-order valence-electron chi connectivity index (χ0n) is 14.6. The van der Waals surface area contributed by atoms with E-state index in [-0.39, 0.29) is 0 Å². The van der Waals surface area contributed by atoms with Gasteiger partial charge < -0.3 is 4.90 Å². The van der Waals surface area contributed by atoms with Crippen LogP contribution in [0.15, 0.2) is 24.5 Å². The summed E-state index contributed by atoms with van der Waals surface area (Å²) in [5, 5.41) is 4.73. The van der Waals surface area contributed by atoms with Gasteiger partial charge >= 0.3 is 0 Å². The first-order valence-corrected chi connectivity index (χ1v) is 9.39. The van der Waals surface area contributed by atoms with Crippen LogP contribution < -0.4 is 4.90 Å². The summed E-state index contributed by atoms with van der Waals surface area (Å²) in [5.41, 5.74) is 2.67. The first-order valence-electron chi connectivity index (χ1n) is 9.39. The first-order chi connectivity index (χ1) is 12.3. The van der Waals surface area contributed by atoms with Crippen LogP contribution >= 0.6 is 0 Å². The van der Waals surface area contributed by atoms with Crippen LogP contribution in [0.3, 0.4) is 0 Å². The molecule has 3 aliphatic heterocycles. The van der Waals surface area contributed by atoms with E-state index >= 15 is 0 Å². The van der Waals surface area contributed by atoms with E-state index in [0.717, 1.165) is 45.2 Å². The Labute approximate surface area is 148 Å². The topological polar surface area (TPSA) is 53.3 Å². The number of aryl methyl sites for hydroxylation is 2. The van der Waals surface area contributed by atoms with Gasteiger partial charge in [-0.2, -0.15) is 5.10 Å². The van der Waals surface area contributed by atoms with Gasteiger partial charge in [-0.25, -0.2) is 9.97 Å². The molecule has 0 amide bonds. The number of fused-ring (bicyclic) bond motifs is 1. The van der Waals surface area contributed by atoms with Crippen LogP contribution in [-0.4, -0.2) is 74.9 Å². The summed E-state index contributed by atoms with van der Waals surface area (Å²) in [6.07, 6.45) is 6.11. The summed E-state index contributed by atoms with van der Waals surface area (Å²) in [6, 6.07) is 4.88. The molecule has 0 unspecified atom stereocenters. The third-order valence-electron chi connectivity index (χ3n) is 5.71. The molecule has 0 aromatic carbocycles. The predicted molar refractivity (Wildman–Crippen MR) is 95.4 cm³/mol. The molecule has 0 radical (unpaired) electrons. The fraction of sp³-hybridized carbons (Fsp3) is 0.611. The second-order valence-electron chi connectivity index (χ2n) is 7.37. The molecule has 0 atom stereocenters. The molecular formula is C18H25N7. The lowest BCUT2D eigenvalue weighted by molar-refractivity contribution is 0.0246. The van der Waals surface area contributed by atoms with Crippen LogP contribution in [0.4, 0.5) is 5.95 Å². The summed E-state index contributed by atoms with van der Waals surface area (Å²) in [4.78, 5) is 16.2. The lowest BCUT2D eigenvalue weighted by Gasteiger charge is -2.48. The molecule has 0 bridgehead atoms. The number of nitrogens with zero attached hydrogens (tertiary/aromatic N) is 7. The Hall–Kier alpha value is -1.99. The van der Waals surface area contributed by atoms with Crippen molar-refractivity contribution in [1.82, 2.24) is 29.5 Å². The molecule has 0 spiro atoms. The molecule has 0 saturated carbocycles. The minimum absolute atomic E-state index is 0.702. The highest BCUT2D eigenvalue weighted by Crippen LogP contribution is 2.22. The number of aromatic nitrogens is 4. The molecule has 2 saturated heterocycles. The molecule has 2 aromatic rings. The van der Waals surface area contributed by atoms with Crippen molar-refractivity contribution in [3.63, 3.8) is 0 Å². The normalized spacial score (nSPS) is 22.2. The standard InChI is InChI=1S/C18H25N7/c1-3-16-11-15(21-25(16)6-1)12-22-13-17(14-22)23-7-9-24(10-8-23)18-19-4-2-5-20-18/h2,4-5,11,17H,1,3,6-10,12-14H2. The second-order valence-corrected chi connectivity index (χ2v) is 7.37. The molecule has 2 fully saturated rings. The molecule has 0 N–H and O–H groups in total. The SMILES string of the molecule is c1cnc(N2CCN(C3CN(Cc4cc5n(n4)CCC5)C3)CC2)nc1. The van der Waals surface area contributed by atoms with Crippen molar-refractivity contribution in [3.05, 3.63) is 35.9 Å². The molecule has 5 heterocycles. The molecule has 2 aromatic heterocycles. The van der Waals surface area contributed by atoms with Gasteiger partial charge in [-0.1, -0.05) is 0 Å². The van der Waals surface area contributed by atoms with Gasteiger partial charge in [0.05, 0.1) is 5.69 Å². The maximum Gasteiger partial charge on any atom is 0.225 e. The van der Waals surface area contributed by atoms with E-state index in [1.165, 1.54) is 37.3 Å². The van der Waals surface area contributed by atoms with Crippen LogP contribution in [0.25, 0.3) is 0 Å². The minimum atomic E-state index is 0.702. The predicted octanol–water partition coefficient (Wildman–Crippen LogP) is 0.626. The lowest BCUT2D eigenvalue weighted by atomic mass is 10.1. The first kappa shape index (κ1) is 15.3. The van der Waals surface area contributed by atoms with Crippen molar-refractivity contribution < 1.29 is 0 Å². The van der Waals surface area contributed by atoms with Gasteiger partial charge in [-0.3, -0.25) is 14.5 Å². The zero-order chi connectivity index (χ0) is 16.6. The van der Waals surface area contributed by atoms with Crippen molar-refractivity contribution in [3.8, 4) is 0 Å². The van der Waals surface area contributed by atoms with Crippen LogP contribution in [0.2, 0.25) is 0 Å². The van der Waals surface area contributed by atoms with Crippen molar-refractivity contribution in [2.45, 2.75) is 32.0 Å². The molecule has 3 aliphatic rings. The Kier molecular flexibility index (Phi) is 3.90. The molecule has 25 heavy (non-hydrogen) atoms. The third kappa shape index (κ3) is 3.02. The van der Waals surface area contributed by atoms with Gasteiger partial charge in [0, 0.05) is 76.5 Å². The van der Waals surface area contributed by atoms with E-state index in [1.807, 2.05) is 18.5 Å². The second kappa shape index (κ2) is 6.38. The van der Waals surface area contributed by atoms with Crippen molar-refractivity contribution >= 4 is 5.95 Å². The Morgan fingerprint density at radius 1 is 1.00 bits per heavy atom. The van der Waals surface area contributed by atoms with Gasteiger partial charge in [0.25, 0.3) is 0 Å². The smallest absolute Gasteiger partial charge is 0.225 e. The van der Waals surface area contributed by atoms with E-state index in [9.17, 15) is 0 Å². The molecule has 7 nitrogen and oxygen atoms in total. The van der Waals surface area contributed by atoms with Gasteiger partial charge in [0.15, 0.2) is 0 Å². The van der Waals surface area contributed by atoms with Gasteiger partial charge in [0.2, 0.25) is 5.95 Å². The Bertz CT molecular complexity index is 693. The maximum absolute atomic E-state index is 4.73. The summed E-state index contributed by atoms with van der Waals surface area (Å²) in [6.45, 7) is 8.71. The average Bonchev–Trinajstić information content (AvgIpc) is 3.20. The van der Waals surface area contributed by atoms with Gasteiger partial charge in [0.1, 0.15) is 0 Å². The zero-order valence-corrected chi connectivity index (χ0v) is 14.6. The number of hydrogen-bond donors (Lipinski definition) is 0. The number of likely N-dealkylation sites (tertiary alicyclic amines) is 1. The lowest BCUT2D eigenvalue weighted by Crippen LogP contribution is -2.62. The van der Waals surface area contributed by atoms with E-state index < -0.39 is 0 Å². The maximum atomic E-state index is 4.73. The van der Waals surface area contributed by atoms with Crippen LogP contribution in [0, 0.1) is 0 Å². The monoisotopic (exact) mass is 339 g/mol. The quantitative estimate of drug-likeness (QED) is 0.814.